The summed E-state index contributed by atoms with van der Waals surface area (Å²) in [6.45, 7) is 20.7. The quantitative estimate of drug-likeness (QED) is 0.149. The molecule has 0 bridgehead atoms. The Bertz CT molecular complexity index is 2200. The summed E-state index contributed by atoms with van der Waals surface area (Å²) < 4.78 is 0. The minimum atomic E-state index is -0.269. The number of hydrogen-bond donors (Lipinski definition) is 0. The van der Waals surface area contributed by atoms with E-state index in [0.29, 0.717) is 0 Å². The van der Waals surface area contributed by atoms with Crippen molar-refractivity contribution in [2.45, 2.75) is 98.1 Å². The van der Waals surface area contributed by atoms with E-state index in [1.54, 1.807) is 0 Å². The van der Waals surface area contributed by atoms with Gasteiger partial charge in [-0.3, -0.25) is 0 Å². The average Bonchev–Trinajstić information content (AvgIpc) is 3.37. The van der Waals surface area contributed by atoms with Crippen LogP contribution in [0.1, 0.15) is 97.5 Å². The molecule has 0 aliphatic heterocycles. The van der Waals surface area contributed by atoms with E-state index in [9.17, 15) is 0 Å². The molecule has 6 aromatic carbocycles. The monoisotopic (exact) mass is 694 g/mol. The van der Waals surface area contributed by atoms with Gasteiger partial charge in [-0.1, -0.05) is 129 Å². The predicted molar refractivity (Wildman–Crippen MR) is 226 cm³/mol. The molecule has 2 aliphatic carbocycles. The van der Waals surface area contributed by atoms with Crippen LogP contribution < -0.4 is 9.80 Å². The second-order valence-corrected chi connectivity index (χ2v) is 16.6. The predicted octanol–water partition coefficient (Wildman–Crippen LogP) is 13.7. The maximum absolute atomic E-state index is 2.63. The molecule has 0 spiro atoms. The minimum absolute atomic E-state index is 0.117. The smallest absolute Gasteiger partial charge is 0.0743 e. The summed E-state index contributed by atoms with van der Waals surface area (Å²) in [7, 11) is 0. The summed E-state index contributed by atoms with van der Waals surface area (Å²) in [5.41, 5.74) is 19.5. The van der Waals surface area contributed by atoms with Crippen molar-refractivity contribution in [2.75, 3.05) is 9.80 Å². The number of rotatable bonds is 9. The van der Waals surface area contributed by atoms with Crippen LogP contribution in [-0.2, 0) is 22.9 Å². The van der Waals surface area contributed by atoms with Crippen LogP contribution in [-0.4, -0.2) is 0 Å². The van der Waals surface area contributed by atoms with Crippen molar-refractivity contribution < 1.29 is 0 Å². The zero-order valence-corrected chi connectivity index (χ0v) is 33.1. The van der Waals surface area contributed by atoms with Crippen molar-refractivity contribution in [1.82, 2.24) is 0 Å². The maximum atomic E-state index is 2.63. The van der Waals surface area contributed by atoms with Gasteiger partial charge in [-0.15, -0.1) is 0 Å². The maximum Gasteiger partial charge on any atom is 0.0743 e. The van der Waals surface area contributed by atoms with E-state index in [4.69, 9.17) is 0 Å². The first-order chi connectivity index (χ1) is 25.4. The molecule has 0 heterocycles. The van der Waals surface area contributed by atoms with Crippen LogP contribution in [0.4, 0.5) is 22.7 Å². The highest BCUT2D eigenvalue weighted by molar-refractivity contribution is 5.84. The molecule has 2 atom stereocenters. The average molecular weight is 695 g/mol. The van der Waals surface area contributed by atoms with Crippen LogP contribution >= 0.6 is 0 Å². The lowest BCUT2D eigenvalue weighted by molar-refractivity contribution is 0.362. The summed E-state index contributed by atoms with van der Waals surface area (Å²) in [6.07, 6.45) is 3.01. The normalized spacial score (nSPS) is 17.6. The lowest BCUT2D eigenvalue weighted by Gasteiger charge is -2.53. The van der Waals surface area contributed by atoms with Gasteiger partial charge in [0.25, 0.3) is 0 Å². The van der Waals surface area contributed by atoms with Gasteiger partial charge in [0.1, 0.15) is 0 Å². The fourth-order valence-electron chi connectivity index (χ4n) is 9.35. The van der Waals surface area contributed by atoms with Gasteiger partial charge < -0.3 is 9.80 Å². The lowest BCUT2D eigenvalue weighted by Crippen LogP contribution is -2.51. The molecule has 2 nitrogen and oxygen atoms in total. The highest BCUT2D eigenvalue weighted by Gasteiger charge is 2.49. The first-order valence-electron chi connectivity index (χ1n) is 19.6. The van der Waals surface area contributed by atoms with E-state index in [0.717, 1.165) is 19.3 Å². The van der Waals surface area contributed by atoms with Crippen LogP contribution in [0.2, 0.25) is 0 Å². The topological polar surface area (TPSA) is 6.48 Å². The van der Waals surface area contributed by atoms with E-state index in [2.05, 4.69) is 200 Å². The summed E-state index contributed by atoms with van der Waals surface area (Å²) in [4.78, 5) is 5.19. The summed E-state index contributed by atoms with van der Waals surface area (Å²) >= 11 is 0. The van der Waals surface area contributed by atoms with Gasteiger partial charge in [0.15, 0.2) is 0 Å². The molecule has 53 heavy (non-hydrogen) atoms. The Labute approximate surface area is 318 Å². The molecule has 2 aliphatic rings. The van der Waals surface area contributed by atoms with E-state index >= 15 is 0 Å². The van der Waals surface area contributed by atoms with Gasteiger partial charge >= 0.3 is 0 Å². The first-order valence-corrected chi connectivity index (χ1v) is 19.6. The van der Waals surface area contributed by atoms with Crippen LogP contribution in [0.15, 0.2) is 127 Å². The van der Waals surface area contributed by atoms with Crippen LogP contribution in [0.25, 0.3) is 11.1 Å². The third-order valence-electron chi connectivity index (χ3n) is 12.9. The molecule has 0 saturated heterocycles. The Morgan fingerprint density at radius 1 is 0.528 bits per heavy atom. The molecule has 2 heteroatoms. The van der Waals surface area contributed by atoms with Crippen LogP contribution in [0, 0.1) is 27.7 Å². The fraction of sp³-hybridized carbons (Fsp3) is 0.294. The Hall–Kier alpha value is -5.08. The summed E-state index contributed by atoms with van der Waals surface area (Å²) in [6, 6.07) is 48.8. The molecular formula is C51H54N2. The number of benzene rings is 6. The summed E-state index contributed by atoms with van der Waals surface area (Å²) in [5.74, 6) is 0. The van der Waals surface area contributed by atoms with Crippen molar-refractivity contribution in [3.8, 4) is 11.1 Å². The van der Waals surface area contributed by atoms with Crippen molar-refractivity contribution in [3.63, 3.8) is 0 Å². The van der Waals surface area contributed by atoms with Crippen molar-refractivity contribution in [1.29, 1.82) is 0 Å². The van der Waals surface area contributed by atoms with Gasteiger partial charge in [0.05, 0.1) is 11.1 Å². The molecule has 2 unspecified atom stereocenters. The van der Waals surface area contributed by atoms with E-state index < -0.39 is 0 Å². The van der Waals surface area contributed by atoms with Gasteiger partial charge in [0, 0.05) is 34.6 Å². The largest absolute Gasteiger partial charge is 0.331 e. The molecular weight excluding hydrogens is 641 g/mol. The molecule has 0 fully saturated rings. The third-order valence-corrected chi connectivity index (χ3v) is 12.9. The molecule has 268 valence electrons. The SMILES string of the molecule is CCC(C)(c1ccc2c(c1)C(C)(C)c1cc3c(cc1-2)CC3(CC)N(c1ccc(C)cc1)c1ccc(C)cc1)N(c1ccc(C)cc1)c1ccc(C)cc1. The molecule has 0 N–H and O–H groups in total. The first kappa shape index (κ1) is 35.0. The Balaban J connectivity index is 1.23. The third kappa shape index (κ3) is 5.52. The standard InChI is InChI=1S/C51H54N2/c1-10-50(9,52(40-21-12-34(3)13-22-40)41-23-14-35(4)15-24-41)39-20-29-44-45-30-38-33-51(11-2,46(38)32-48(45)49(7,8)47(44)31-39)53(42-25-16-36(5)17-26-42)43-27-18-37(6)19-28-43/h12-32H,10-11,33H2,1-9H3. The number of anilines is 4. The minimum Gasteiger partial charge on any atom is -0.331 e. The zero-order chi connectivity index (χ0) is 37.3. The molecule has 0 radical (unpaired) electrons. The lowest BCUT2D eigenvalue weighted by atomic mass is 9.65. The van der Waals surface area contributed by atoms with Crippen LogP contribution in [0.3, 0.4) is 0 Å². The van der Waals surface area contributed by atoms with Gasteiger partial charge in [-0.25, -0.2) is 0 Å². The number of nitrogens with zero attached hydrogens (tertiary/aromatic N) is 2. The zero-order valence-electron chi connectivity index (χ0n) is 33.1. The molecule has 0 aromatic heterocycles. The van der Waals surface area contributed by atoms with Gasteiger partial charge in [-0.05, 0) is 135 Å². The van der Waals surface area contributed by atoms with Crippen molar-refractivity contribution in [2.24, 2.45) is 0 Å². The van der Waals surface area contributed by atoms with Crippen molar-refractivity contribution >= 4 is 22.7 Å². The van der Waals surface area contributed by atoms with Crippen LogP contribution in [0.5, 0.6) is 0 Å². The highest BCUT2D eigenvalue weighted by Crippen LogP contribution is 2.58. The second-order valence-electron chi connectivity index (χ2n) is 16.6. The second kappa shape index (κ2) is 12.8. The molecule has 6 aromatic rings. The molecule has 0 saturated carbocycles. The number of aryl methyl sites for hydroxylation is 4. The summed E-state index contributed by atoms with van der Waals surface area (Å²) in [5, 5.41) is 0. The van der Waals surface area contributed by atoms with Gasteiger partial charge in [-0.2, -0.15) is 0 Å². The van der Waals surface area contributed by atoms with E-state index in [1.165, 1.54) is 83.9 Å². The molecule has 0 amide bonds. The van der Waals surface area contributed by atoms with E-state index in [1.807, 2.05) is 0 Å². The Morgan fingerprint density at radius 3 is 1.43 bits per heavy atom. The van der Waals surface area contributed by atoms with Crippen molar-refractivity contribution in [3.05, 3.63) is 177 Å². The Morgan fingerprint density at radius 2 is 0.981 bits per heavy atom. The highest BCUT2D eigenvalue weighted by atomic mass is 15.2. The van der Waals surface area contributed by atoms with Gasteiger partial charge in [0.2, 0.25) is 0 Å². The number of fused-ring (bicyclic) bond motifs is 4. The number of hydrogen-bond acceptors (Lipinski definition) is 2. The fourth-order valence-corrected chi connectivity index (χ4v) is 9.35. The molecule has 8 rings (SSSR count). The Kier molecular flexibility index (Phi) is 8.45. The van der Waals surface area contributed by atoms with E-state index in [-0.39, 0.29) is 16.5 Å².